The standard InChI is InChI=1S/C15H27N3O3S2/c1-9-4-2-3-5-11(9)14(19)18-15-17-12-7-6-10(23(16,20)21)8-13(12)22-15/h9-13,15,17H,2-8H2,1H3,(H,18,19)(H2,16,20,21). The molecule has 0 aromatic carbocycles. The van der Waals surface area contributed by atoms with Crippen LogP contribution in [0.15, 0.2) is 0 Å². The summed E-state index contributed by atoms with van der Waals surface area (Å²) in [5, 5.41) is 11.6. The Kier molecular flexibility index (Phi) is 5.25. The Hall–Kier alpha value is -0.310. The van der Waals surface area contributed by atoms with Crippen molar-refractivity contribution in [1.82, 2.24) is 10.6 Å². The van der Waals surface area contributed by atoms with Crippen LogP contribution in [-0.4, -0.2) is 36.4 Å². The average Bonchev–Trinajstić information content (AvgIpc) is 2.87. The fourth-order valence-corrected chi connectivity index (χ4v) is 6.76. The van der Waals surface area contributed by atoms with Gasteiger partial charge in [-0.25, -0.2) is 13.6 Å². The summed E-state index contributed by atoms with van der Waals surface area (Å²) in [7, 11) is -3.46. The SMILES string of the molecule is CC1CCCCC1C(=O)NC1NC2CCC(S(N)(=O)=O)CC2S1. The van der Waals surface area contributed by atoms with Gasteiger partial charge in [0.15, 0.2) is 0 Å². The van der Waals surface area contributed by atoms with E-state index in [9.17, 15) is 13.2 Å². The number of fused-ring (bicyclic) bond motifs is 1. The van der Waals surface area contributed by atoms with Crippen molar-refractivity contribution in [3.05, 3.63) is 0 Å². The normalized spacial score (nSPS) is 41.3. The highest BCUT2D eigenvalue weighted by atomic mass is 32.2. The quantitative estimate of drug-likeness (QED) is 0.699. The molecule has 0 spiro atoms. The Morgan fingerprint density at radius 3 is 2.65 bits per heavy atom. The van der Waals surface area contributed by atoms with Crippen molar-refractivity contribution in [2.45, 2.75) is 73.9 Å². The van der Waals surface area contributed by atoms with Gasteiger partial charge in [0, 0.05) is 17.2 Å². The molecule has 6 atom stereocenters. The molecule has 6 nitrogen and oxygen atoms in total. The Bertz CT molecular complexity index is 554. The summed E-state index contributed by atoms with van der Waals surface area (Å²) < 4.78 is 23.1. The number of carbonyl (C=O) groups excluding carboxylic acids is 1. The van der Waals surface area contributed by atoms with Gasteiger partial charge in [0.05, 0.1) is 5.25 Å². The van der Waals surface area contributed by atoms with Crippen molar-refractivity contribution < 1.29 is 13.2 Å². The number of nitrogens with two attached hydrogens (primary N) is 1. The molecule has 3 aliphatic rings. The molecular formula is C15H27N3O3S2. The predicted octanol–water partition coefficient (Wildman–Crippen LogP) is 1.13. The van der Waals surface area contributed by atoms with E-state index in [1.807, 2.05) is 0 Å². The molecule has 2 saturated carbocycles. The van der Waals surface area contributed by atoms with Crippen LogP contribution < -0.4 is 15.8 Å². The van der Waals surface area contributed by atoms with Crippen LogP contribution >= 0.6 is 11.8 Å². The van der Waals surface area contributed by atoms with Crippen molar-refractivity contribution in [3.63, 3.8) is 0 Å². The molecule has 3 rings (SSSR count). The lowest BCUT2D eigenvalue weighted by molar-refractivity contribution is -0.127. The first-order valence-electron chi connectivity index (χ1n) is 8.58. The molecule has 1 saturated heterocycles. The van der Waals surface area contributed by atoms with Crippen LogP contribution in [0.5, 0.6) is 0 Å². The zero-order chi connectivity index (χ0) is 16.6. The van der Waals surface area contributed by atoms with Gasteiger partial charge >= 0.3 is 0 Å². The van der Waals surface area contributed by atoms with Crippen LogP contribution in [0, 0.1) is 11.8 Å². The highest BCUT2D eigenvalue weighted by Gasteiger charge is 2.42. The molecule has 0 radical (unpaired) electrons. The smallest absolute Gasteiger partial charge is 0.225 e. The summed E-state index contributed by atoms with van der Waals surface area (Å²) in [6.45, 7) is 2.16. The Morgan fingerprint density at radius 2 is 1.96 bits per heavy atom. The number of primary sulfonamides is 1. The van der Waals surface area contributed by atoms with Crippen LogP contribution in [-0.2, 0) is 14.8 Å². The van der Waals surface area contributed by atoms with E-state index in [0.29, 0.717) is 18.8 Å². The highest BCUT2D eigenvalue weighted by molar-refractivity contribution is 8.00. The molecule has 4 N–H and O–H groups in total. The molecule has 132 valence electrons. The third-order valence-electron chi connectivity index (χ3n) is 5.61. The molecular weight excluding hydrogens is 334 g/mol. The maximum atomic E-state index is 12.5. The van der Waals surface area contributed by atoms with Gasteiger partial charge in [-0.3, -0.25) is 10.1 Å². The molecule has 8 heteroatoms. The lowest BCUT2D eigenvalue weighted by Crippen LogP contribution is -2.48. The first-order chi connectivity index (χ1) is 10.8. The minimum atomic E-state index is -3.46. The first kappa shape index (κ1) is 17.5. The van der Waals surface area contributed by atoms with Crippen LogP contribution in [0.3, 0.4) is 0 Å². The number of carbonyl (C=O) groups is 1. The van der Waals surface area contributed by atoms with Crippen molar-refractivity contribution in [3.8, 4) is 0 Å². The van der Waals surface area contributed by atoms with Crippen LogP contribution in [0.2, 0.25) is 0 Å². The van der Waals surface area contributed by atoms with E-state index in [-0.39, 0.29) is 28.6 Å². The van der Waals surface area contributed by atoms with E-state index in [4.69, 9.17) is 5.14 Å². The second kappa shape index (κ2) is 6.90. The fourth-order valence-electron chi connectivity index (χ4n) is 4.16. The number of nitrogens with one attached hydrogen (secondary N) is 2. The Morgan fingerprint density at radius 1 is 1.22 bits per heavy atom. The van der Waals surface area contributed by atoms with E-state index < -0.39 is 15.3 Å². The molecule has 23 heavy (non-hydrogen) atoms. The van der Waals surface area contributed by atoms with E-state index >= 15 is 0 Å². The molecule has 2 aliphatic carbocycles. The van der Waals surface area contributed by atoms with E-state index in [1.165, 1.54) is 6.42 Å². The summed E-state index contributed by atoms with van der Waals surface area (Å²) >= 11 is 1.64. The average molecular weight is 362 g/mol. The van der Waals surface area contributed by atoms with E-state index in [1.54, 1.807) is 11.8 Å². The van der Waals surface area contributed by atoms with Crippen LogP contribution in [0.25, 0.3) is 0 Å². The lowest BCUT2D eigenvalue weighted by Gasteiger charge is -2.29. The van der Waals surface area contributed by atoms with Gasteiger partial charge < -0.3 is 5.32 Å². The maximum absolute atomic E-state index is 12.5. The van der Waals surface area contributed by atoms with Gasteiger partial charge in [-0.2, -0.15) is 0 Å². The summed E-state index contributed by atoms with van der Waals surface area (Å²) in [5.74, 6) is 0.707. The second-order valence-electron chi connectivity index (χ2n) is 7.23. The fraction of sp³-hybridized carbons (Fsp3) is 0.933. The molecule has 3 fully saturated rings. The number of sulfonamides is 1. The highest BCUT2D eigenvalue weighted by Crippen LogP contribution is 2.38. The molecule has 0 aromatic rings. The Labute approximate surface area is 142 Å². The predicted molar refractivity (Wildman–Crippen MR) is 92.1 cm³/mol. The Balaban J connectivity index is 1.55. The third kappa shape index (κ3) is 4.03. The summed E-state index contributed by atoms with van der Waals surface area (Å²) in [6.07, 6.45) is 6.44. The number of thioether (sulfide) groups is 1. The minimum Gasteiger partial charge on any atom is -0.332 e. The second-order valence-corrected chi connectivity index (χ2v) is 10.4. The van der Waals surface area contributed by atoms with Crippen LogP contribution in [0.4, 0.5) is 0 Å². The summed E-state index contributed by atoms with van der Waals surface area (Å²) in [6, 6.07) is 0.270. The largest absolute Gasteiger partial charge is 0.332 e. The van der Waals surface area contributed by atoms with Gasteiger partial charge in [-0.1, -0.05) is 19.8 Å². The molecule has 6 unspecified atom stereocenters. The molecule has 1 amide bonds. The van der Waals surface area contributed by atoms with Crippen molar-refractivity contribution in [1.29, 1.82) is 0 Å². The van der Waals surface area contributed by atoms with Crippen molar-refractivity contribution in [2.24, 2.45) is 17.0 Å². The molecule has 0 aromatic heterocycles. The zero-order valence-corrected chi connectivity index (χ0v) is 15.2. The zero-order valence-electron chi connectivity index (χ0n) is 13.5. The van der Waals surface area contributed by atoms with Gasteiger partial charge in [-0.05, 0) is 38.0 Å². The topological polar surface area (TPSA) is 101 Å². The summed E-state index contributed by atoms with van der Waals surface area (Å²) in [4.78, 5) is 12.5. The van der Waals surface area contributed by atoms with Gasteiger partial charge in [-0.15, -0.1) is 11.8 Å². The van der Waals surface area contributed by atoms with Gasteiger partial charge in [0.25, 0.3) is 0 Å². The first-order valence-corrected chi connectivity index (χ1v) is 11.1. The van der Waals surface area contributed by atoms with Gasteiger partial charge in [0.1, 0.15) is 5.50 Å². The number of hydrogen-bond acceptors (Lipinski definition) is 5. The number of rotatable bonds is 3. The van der Waals surface area contributed by atoms with Crippen molar-refractivity contribution in [2.75, 3.05) is 0 Å². The summed E-state index contributed by atoms with van der Waals surface area (Å²) in [5.41, 5.74) is -0.106. The molecule has 1 aliphatic heterocycles. The maximum Gasteiger partial charge on any atom is 0.225 e. The third-order valence-corrected chi connectivity index (χ3v) is 8.36. The van der Waals surface area contributed by atoms with E-state index in [2.05, 4.69) is 17.6 Å². The monoisotopic (exact) mass is 361 g/mol. The lowest BCUT2D eigenvalue weighted by atomic mass is 9.80. The number of amides is 1. The van der Waals surface area contributed by atoms with Gasteiger partial charge in [0.2, 0.25) is 15.9 Å². The van der Waals surface area contributed by atoms with Crippen molar-refractivity contribution >= 4 is 27.7 Å². The molecule has 1 heterocycles. The molecule has 0 bridgehead atoms. The minimum absolute atomic E-state index is 0.106. The van der Waals surface area contributed by atoms with Crippen LogP contribution in [0.1, 0.15) is 51.9 Å². The van der Waals surface area contributed by atoms with E-state index in [0.717, 1.165) is 25.7 Å². The number of hydrogen-bond donors (Lipinski definition) is 3.